The molecule has 0 unspecified atom stereocenters. The summed E-state index contributed by atoms with van der Waals surface area (Å²) in [5.41, 5.74) is 1.42. The van der Waals surface area contributed by atoms with Crippen molar-refractivity contribution in [2.24, 2.45) is 0 Å². The Labute approximate surface area is 162 Å². The Bertz CT molecular complexity index is 970. The number of carbonyl (C=O) groups is 2. The summed E-state index contributed by atoms with van der Waals surface area (Å²) in [7, 11) is 0. The highest BCUT2D eigenvalue weighted by Gasteiger charge is 2.27. The van der Waals surface area contributed by atoms with Crippen LogP contribution in [0.5, 0.6) is 0 Å². The Morgan fingerprint density at radius 3 is 2.54 bits per heavy atom. The molecular formula is C20H22N6O2. The number of hydrogen-bond acceptors (Lipinski definition) is 4. The number of aromatic nitrogens is 4. The zero-order valence-corrected chi connectivity index (χ0v) is 15.7. The number of amides is 2. The average molecular weight is 378 g/mol. The summed E-state index contributed by atoms with van der Waals surface area (Å²) in [5, 5.41) is 11.4. The Balaban J connectivity index is 1.47. The molecule has 2 aromatic heterocycles. The lowest BCUT2D eigenvalue weighted by atomic mass is 10.0. The molecule has 1 N–H and O–H groups in total. The van der Waals surface area contributed by atoms with Crippen LogP contribution in [-0.4, -0.2) is 49.4 Å². The first kappa shape index (κ1) is 18.0. The van der Waals surface area contributed by atoms with Crippen molar-refractivity contribution in [1.29, 1.82) is 0 Å². The molecule has 0 atom stereocenters. The second-order valence-electron chi connectivity index (χ2n) is 6.83. The summed E-state index contributed by atoms with van der Waals surface area (Å²) >= 11 is 0. The number of nitrogens with zero attached hydrogens (tertiary/aromatic N) is 5. The first-order valence-corrected chi connectivity index (χ1v) is 9.33. The number of hydrogen-bond donors (Lipinski definition) is 1. The quantitative estimate of drug-likeness (QED) is 0.756. The van der Waals surface area contributed by atoms with Crippen LogP contribution in [0.3, 0.4) is 0 Å². The molecular weight excluding hydrogens is 356 g/mol. The number of benzene rings is 1. The lowest BCUT2D eigenvalue weighted by molar-refractivity contribution is -0.114. The zero-order chi connectivity index (χ0) is 19.5. The number of rotatable bonds is 4. The fourth-order valence-electron chi connectivity index (χ4n) is 3.63. The fraction of sp³-hybridized carbons (Fsp3) is 0.300. The van der Waals surface area contributed by atoms with E-state index in [4.69, 9.17) is 0 Å². The topological polar surface area (TPSA) is 85.0 Å². The van der Waals surface area contributed by atoms with Gasteiger partial charge in [0.25, 0.3) is 5.91 Å². The largest absolute Gasteiger partial charge is 0.338 e. The first-order chi connectivity index (χ1) is 13.6. The van der Waals surface area contributed by atoms with E-state index in [1.165, 1.54) is 6.92 Å². The molecule has 28 heavy (non-hydrogen) atoms. The maximum Gasteiger partial charge on any atom is 0.256 e. The lowest BCUT2D eigenvalue weighted by Crippen LogP contribution is -2.39. The van der Waals surface area contributed by atoms with Gasteiger partial charge in [-0.2, -0.15) is 10.2 Å². The van der Waals surface area contributed by atoms with Gasteiger partial charge in [-0.1, -0.05) is 12.1 Å². The molecule has 3 heterocycles. The van der Waals surface area contributed by atoms with Crippen molar-refractivity contribution in [3.8, 4) is 5.69 Å². The number of carbonyl (C=O) groups excluding carboxylic acids is 2. The van der Waals surface area contributed by atoms with Crippen LogP contribution in [0, 0.1) is 0 Å². The van der Waals surface area contributed by atoms with Gasteiger partial charge in [-0.3, -0.25) is 9.59 Å². The minimum absolute atomic E-state index is 0.00657. The van der Waals surface area contributed by atoms with E-state index in [0.29, 0.717) is 24.5 Å². The minimum atomic E-state index is -0.121. The van der Waals surface area contributed by atoms with Crippen molar-refractivity contribution in [3.05, 3.63) is 60.6 Å². The van der Waals surface area contributed by atoms with E-state index in [1.54, 1.807) is 23.1 Å². The van der Waals surface area contributed by atoms with E-state index in [-0.39, 0.29) is 17.9 Å². The van der Waals surface area contributed by atoms with Gasteiger partial charge in [-0.05, 0) is 31.0 Å². The van der Waals surface area contributed by atoms with E-state index in [0.717, 1.165) is 18.5 Å². The Hall–Kier alpha value is -3.42. The fourth-order valence-corrected chi connectivity index (χ4v) is 3.63. The van der Waals surface area contributed by atoms with Crippen LogP contribution >= 0.6 is 0 Å². The summed E-state index contributed by atoms with van der Waals surface area (Å²) in [5.74, 6) is 0.581. The highest BCUT2D eigenvalue weighted by Crippen LogP contribution is 2.27. The Morgan fingerprint density at radius 1 is 1.04 bits per heavy atom. The summed E-state index contributed by atoms with van der Waals surface area (Å²) < 4.78 is 3.56. The highest BCUT2D eigenvalue weighted by atomic mass is 16.2. The molecule has 1 aromatic carbocycles. The molecule has 0 radical (unpaired) electrons. The van der Waals surface area contributed by atoms with Gasteiger partial charge >= 0.3 is 0 Å². The molecule has 0 bridgehead atoms. The van der Waals surface area contributed by atoms with Crippen LogP contribution < -0.4 is 5.32 Å². The summed E-state index contributed by atoms with van der Waals surface area (Å²) in [6, 6.07) is 11.3. The molecule has 8 heteroatoms. The minimum Gasteiger partial charge on any atom is -0.338 e. The number of para-hydroxylation sites is 1. The third kappa shape index (κ3) is 3.53. The second-order valence-corrected chi connectivity index (χ2v) is 6.83. The summed E-state index contributed by atoms with van der Waals surface area (Å²) in [6.45, 7) is 2.75. The zero-order valence-electron chi connectivity index (χ0n) is 15.7. The second kappa shape index (κ2) is 7.67. The summed E-state index contributed by atoms with van der Waals surface area (Å²) in [4.78, 5) is 26.4. The van der Waals surface area contributed by atoms with Gasteiger partial charge in [-0.15, -0.1) is 0 Å². The Kier molecular flexibility index (Phi) is 4.92. The van der Waals surface area contributed by atoms with E-state index >= 15 is 0 Å². The standard InChI is InChI=1S/C20H22N6O2/c1-15(27)23-19-7-11-22-26(19)16-8-13-24(14-9-16)20(28)17-5-2-3-6-18(17)25-12-4-10-21-25/h2-7,10-12,16H,8-9,13-14H2,1H3,(H,23,27). The normalized spacial score (nSPS) is 14.8. The molecule has 2 amide bonds. The molecule has 0 saturated carbocycles. The molecule has 3 aromatic rings. The number of anilines is 1. The molecule has 0 spiro atoms. The van der Waals surface area contributed by atoms with E-state index in [2.05, 4.69) is 15.5 Å². The SMILES string of the molecule is CC(=O)Nc1ccnn1C1CCN(C(=O)c2ccccc2-n2cccn2)CC1. The number of nitrogens with one attached hydrogen (secondary N) is 1. The van der Waals surface area contributed by atoms with E-state index in [9.17, 15) is 9.59 Å². The van der Waals surface area contributed by atoms with E-state index < -0.39 is 0 Å². The van der Waals surface area contributed by atoms with Crippen molar-refractivity contribution in [2.75, 3.05) is 18.4 Å². The number of likely N-dealkylation sites (tertiary alicyclic amines) is 1. The highest BCUT2D eigenvalue weighted by molar-refractivity contribution is 5.97. The monoisotopic (exact) mass is 378 g/mol. The molecule has 1 fully saturated rings. The van der Waals surface area contributed by atoms with Crippen LogP contribution in [0.2, 0.25) is 0 Å². The molecule has 144 valence electrons. The van der Waals surface area contributed by atoms with Gasteiger partial charge in [0.05, 0.1) is 23.5 Å². The molecule has 1 aliphatic rings. The van der Waals surface area contributed by atoms with Crippen molar-refractivity contribution >= 4 is 17.6 Å². The van der Waals surface area contributed by atoms with Gasteiger partial charge in [0, 0.05) is 38.5 Å². The first-order valence-electron chi connectivity index (χ1n) is 9.33. The van der Waals surface area contributed by atoms with Crippen LogP contribution in [0.25, 0.3) is 5.69 Å². The van der Waals surface area contributed by atoms with Crippen molar-refractivity contribution in [3.63, 3.8) is 0 Å². The number of piperidine rings is 1. The lowest BCUT2D eigenvalue weighted by Gasteiger charge is -2.33. The average Bonchev–Trinajstić information content (AvgIpc) is 3.39. The van der Waals surface area contributed by atoms with Crippen LogP contribution in [0.4, 0.5) is 5.82 Å². The third-order valence-corrected chi connectivity index (χ3v) is 4.96. The maximum absolute atomic E-state index is 13.1. The summed E-state index contributed by atoms with van der Waals surface area (Å²) in [6.07, 6.45) is 6.78. The Morgan fingerprint density at radius 2 is 1.82 bits per heavy atom. The van der Waals surface area contributed by atoms with Crippen LogP contribution in [0.15, 0.2) is 55.0 Å². The van der Waals surface area contributed by atoms with Crippen molar-refractivity contribution in [2.45, 2.75) is 25.8 Å². The molecule has 0 aliphatic carbocycles. The molecule has 1 saturated heterocycles. The van der Waals surface area contributed by atoms with Gasteiger partial charge in [0.1, 0.15) is 5.82 Å². The molecule has 4 rings (SSSR count). The predicted octanol–water partition coefficient (Wildman–Crippen LogP) is 2.50. The van der Waals surface area contributed by atoms with Gasteiger partial charge < -0.3 is 10.2 Å². The van der Waals surface area contributed by atoms with Gasteiger partial charge in [0.15, 0.2) is 0 Å². The smallest absolute Gasteiger partial charge is 0.256 e. The van der Waals surface area contributed by atoms with Crippen molar-refractivity contribution < 1.29 is 9.59 Å². The molecule has 1 aliphatic heterocycles. The van der Waals surface area contributed by atoms with Crippen LogP contribution in [-0.2, 0) is 4.79 Å². The molecule has 8 nitrogen and oxygen atoms in total. The third-order valence-electron chi connectivity index (χ3n) is 4.96. The van der Waals surface area contributed by atoms with Gasteiger partial charge in [-0.25, -0.2) is 9.36 Å². The van der Waals surface area contributed by atoms with Crippen molar-refractivity contribution in [1.82, 2.24) is 24.5 Å². The van der Waals surface area contributed by atoms with Gasteiger partial charge in [0.2, 0.25) is 5.91 Å². The van der Waals surface area contributed by atoms with Crippen LogP contribution in [0.1, 0.15) is 36.2 Å². The van der Waals surface area contributed by atoms with E-state index in [1.807, 2.05) is 46.1 Å². The predicted molar refractivity (Wildman–Crippen MR) is 104 cm³/mol. The maximum atomic E-state index is 13.1.